The molecule has 4 rings (SSSR count). The number of aliphatic imine (C=N–C) groups is 1. The van der Waals surface area contributed by atoms with Crippen molar-refractivity contribution in [1.82, 2.24) is 5.01 Å². The highest BCUT2D eigenvalue weighted by atomic mass is 79.9. The lowest BCUT2D eigenvalue weighted by Gasteiger charge is -2.19. The summed E-state index contributed by atoms with van der Waals surface area (Å²) in [6, 6.07) is 11.3. The molecular weight excluding hydrogens is 404 g/mol. The van der Waals surface area contributed by atoms with Crippen LogP contribution in [0.15, 0.2) is 61.2 Å². The lowest BCUT2D eigenvalue weighted by Crippen LogP contribution is -2.35. The molecule has 1 amide bonds. The predicted molar refractivity (Wildman–Crippen MR) is 102 cm³/mol. The van der Waals surface area contributed by atoms with E-state index < -0.39 is 5.91 Å². The zero-order valence-electron chi connectivity index (χ0n) is 13.0. The number of thioether (sulfide) groups is 1. The number of aryl methyl sites for hydroxylation is 1. The molecule has 0 radical (unpaired) electrons. The Bertz CT molecular complexity index is 1010. The Morgan fingerprint density at radius 2 is 2.16 bits per heavy atom. The van der Waals surface area contributed by atoms with Crippen molar-refractivity contribution in [3.8, 4) is 0 Å². The molecule has 6 nitrogen and oxygen atoms in total. The van der Waals surface area contributed by atoms with Crippen LogP contribution in [-0.4, -0.2) is 27.0 Å². The van der Waals surface area contributed by atoms with Gasteiger partial charge in [0.1, 0.15) is 10.8 Å². The van der Waals surface area contributed by atoms with Crippen molar-refractivity contribution in [1.29, 1.82) is 5.41 Å². The van der Waals surface area contributed by atoms with Gasteiger partial charge >= 0.3 is 0 Å². The van der Waals surface area contributed by atoms with Gasteiger partial charge in [0, 0.05) is 5.56 Å². The molecule has 1 N–H and O–H groups in total. The van der Waals surface area contributed by atoms with E-state index in [2.05, 4.69) is 26.0 Å². The zero-order chi connectivity index (χ0) is 17.6. The first kappa shape index (κ1) is 16.0. The van der Waals surface area contributed by atoms with Crippen LogP contribution in [0.1, 0.15) is 16.9 Å². The van der Waals surface area contributed by atoms with Gasteiger partial charge in [-0.25, -0.2) is 0 Å². The van der Waals surface area contributed by atoms with Gasteiger partial charge in [-0.3, -0.25) is 10.2 Å². The van der Waals surface area contributed by atoms with Crippen molar-refractivity contribution in [3.05, 3.63) is 63.5 Å². The number of hydrazone groups is 1. The standard InChI is InChI=1S/C17H11BrN4O2S/c1-9-3-2-4-10(7-9)16-21-22-14(19)12(15(23)20-17(22)25-16)8-11-5-6-13(18)24-11/h2-8,19H,1H3. The number of benzene rings is 1. The molecule has 2 aromatic rings. The van der Waals surface area contributed by atoms with E-state index in [0.29, 0.717) is 20.6 Å². The molecule has 8 heteroatoms. The third kappa shape index (κ3) is 2.98. The molecule has 124 valence electrons. The van der Waals surface area contributed by atoms with Crippen LogP contribution >= 0.6 is 27.7 Å². The molecule has 1 aromatic heterocycles. The first-order valence-electron chi connectivity index (χ1n) is 7.34. The summed E-state index contributed by atoms with van der Waals surface area (Å²) in [5.41, 5.74) is 2.19. The van der Waals surface area contributed by atoms with E-state index in [1.54, 1.807) is 12.1 Å². The molecule has 0 aliphatic carbocycles. The van der Waals surface area contributed by atoms with Gasteiger partial charge in [-0.05, 0) is 58.9 Å². The summed E-state index contributed by atoms with van der Waals surface area (Å²) in [4.78, 5) is 16.4. The summed E-state index contributed by atoms with van der Waals surface area (Å²) in [5.74, 6) is -0.0250. The molecule has 0 saturated heterocycles. The number of fused-ring (bicyclic) bond motifs is 1. The molecule has 0 unspecified atom stereocenters. The highest BCUT2D eigenvalue weighted by molar-refractivity contribution is 9.10. The van der Waals surface area contributed by atoms with Crippen LogP contribution in [0.2, 0.25) is 0 Å². The van der Waals surface area contributed by atoms with Crippen molar-refractivity contribution in [3.63, 3.8) is 0 Å². The van der Waals surface area contributed by atoms with Crippen LogP contribution < -0.4 is 0 Å². The number of amides is 1. The second-order valence-electron chi connectivity index (χ2n) is 5.44. The minimum atomic E-state index is -0.475. The van der Waals surface area contributed by atoms with Crippen LogP contribution in [-0.2, 0) is 4.79 Å². The SMILES string of the molecule is Cc1cccc(C2=NN3C(=N)C(=Cc4ccc(Br)o4)C(=O)N=C3S2)c1. The van der Waals surface area contributed by atoms with Gasteiger partial charge in [0.2, 0.25) is 5.17 Å². The summed E-state index contributed by atoms with van der Waals surface area (Å²) < 4.78 is 5.93. The van der Waals surface area contributed by atoms with Crippen LogP contribution in [0.5, 0.6) is 0 Å². The number of carbonyl (C=O) groups is 1. The quantitative estimate of drug-likeness (QED) is 0.752. The molecule has 0 spiro atoms. The highest BCUT2D eigenvalue weighted by Gasteiger charge is 2.36. The third-order valence-corrected chi connectivity index (χ3v) is 4.98. The summed E-state index contributed by atoms with van der Waals surface area (Å²) in [5, 5.41) is 15.3. The van der Waals surface area contributed by atoms with Gasteiger partial charge < -0.3 is 4.42 Å². The van der Waals surface area contributed by atoms with E-state index in [4.69, 9.17) is 9.83 Å². The Morgan fingerprint density at radius 3 is 2.88 bits per heavy atom. The lowest BCUT2D eigenvalue weighted by atomic mass is 10.1. The predicted octanol–water partition coefficient (Wildman–Crippen LogP) is 4.02. The van der Waals surface area contributed by atoms with E-state index in [-0.39, 0.29) is 11.4 Å². The fourth-order valence-electron chi connectivity index (χ4n) is 2.43. The maximum Gasteiger partial charge on any atom is 0.283 e. The molecule has 1 aromatic carbocycles. The Labute approximate surface area is 155 Å². The summed E-state index contributed by atoms with van der Waals surface area (Å²) >= 11 is 4.50. The third-order valence-electron chi connectivity index (χ3n) is 3.60. The molecule has 0 atom stereocenters. The molecule has 0 fully saturated rings. The minimum absolute atomic E-state index is 0.0160. The number of rotatable bonds is 2. The fourth-order valence-corrected chi connectivity index (χ4v) is 3.64. The summed E-state index contributed by atoms with van der Waals surface area (Å²) in [7, 11) is 0. The second-order valence-corrected chi connectivity index (χ2v) is 7.17. The number of hydrogen-bond donors (Lipinski definition) is 1. The first-order valence-corrected chi connectivity index (χ1v) is 8.95. The van der Waals surface area contributed by atoms with Crippen molar-refractivity contribution < 1.29 is 9.21 Å². The average Bonchev–Trinajstić information content (AvgIpc) is 3.18. The number of halogens is 1. The van der Waals surface area contributed by atoms with Crippen LogP contribution in [0.4, 0.5) is 0 Å². The Kier molecular flexibility index (Phi) is 3.93. The van der Waals surface area contributed by atoms with Gasteiger partial charge in [-0.15, -0.1) is 0 Å². The number of carbonyl (C=O) groups excluding carboxylic acids is 1. The van der Waals surface area contributed by atoms with Gasteiger partial charge in [0.15, 0.2) is 10.5 Å². The number of nitrogens with zero attached hydrogens (tertiary/aromatic N) is 3. The topological polar surface area (TPSA) is 82.0 Å². The first-order chi connectivity index (χ1) is 12.0. The maximum absolute atomic E-state index is 12.3. The molecule has 0 bridgehead atoms. The van der Waals surface area contributed by atoms with E-state index in [1.807, 2.05) is 31.2 Å². The van der Waals surface area contributed by atoms with Crippen molar-refractivity contribution in [2.75, 3.05) is 0 Å². The van der Waals surface area contributed by atoms with Gasteiger partial charge in [0.05, 0.1) is 5.57 Å². The van der Waals surface area contributed by atoms with E-state index >= 15 is 0 Å². The Hall–Kier alpha value is -2.45. The fraction of sp³-hybridized carbons (Fsp3) is 0.0588. The normalized spacial score (nSPS) is 18.5. The van der Waals surface area contributed by atoms with Crippen molar-refractivity contribution in [2.24, 2.45) is 10.1 Å². The highest BCUT2D eigenvalue weighted by Crippen LogP contribution is 2.31. The van der Waals surface area contributed by atoms with Crippen LogP contribution in [0, 0.1) is 12.3 Å². The molecule has 0 saturated carbocycles. The number of hydrogen-bond acceptors (Lipinski definition) is 5. The number of amidine groups is 2. The van der Waals surface area contributed by atoms with Gasteiger partial charge in [-0.2, -0.15) is 15.1 Å². The molecule has 2 aliphatic heterocycles. The zero-order valence-corrected chi connectivity index (χ0v) is 15.4. The van der Waals surface area contributed by atoms with Crippen LogP contribution in [0.3, 0.4) is 0 Å². The summed E-state index contributed by atoms with van der Waals surface area (Å²) in [6.07, 6.45) is 1.50. The number of nitrogens with one attached hydrogen (secondary N) is 1. The van der Waals surface area contributed by atoms with E-state index in [1.165, 1.54) is 22.8 Å². The van der Waals surface area contributed by atoms with Gasteiger partial charge in [0.25, 0.3) is 5.91 Å². The van der Waals surface area contributed by atoms with Crippen molar-refractivity contribution >= 4 is 55.7 Å². The van der Waals surface area contributed by atoms with Gasteiger partial charge in [-0.1, -0.05) is 23.8 Å². The Morgan fingerprint density at radius 1 is 1.32 bits per heavy atom. The maximum atomic E-state index is 12.3. The van der Waals surface area contributed by atoms with Crippen molar-refractivity contribution in [2.45, 2.75) is 6.92 Å². The summed E-state index contributed by atoms with van der Waals surface area (Å²) in [6.45, 7) is 2.00. The van der Waals surface area contributed by atoms with Crippen LogP contribution in [0.25, 0.3) is 6.08 Å². The monoisotopic (exact) mass is 414 g/mol. The lowest BCUT2D eigenvalue weighted by molar-refractivity contribution is -0.114. The second kappa shape index (κ2) is 6.12. The largest absolute Gasteiger partial charge is 0.450 e. The molecule has 25 heavy (non-hydrogen) atoms. The smallest absolute Gasteiger partial charge is 0.283 e. The molecule has 2 aliphatic rings. The molecular formula is C17H11BrN4O2S. The number of furan rings is 1. The minimum Gasteiger partial charge on any atom is -0.450 e. The Balaban J connectivity index is 1.70. The molecule has 3 heterocycles. The average molecular weight is 415 g/mol. The van der Waals surface area contributed by atoms with E-state index in [0.717, 1.165) is 11.1 Å². The van der Waals surface area contributed by atoms with E-state index in [9.17, 15) is 4.79 Å².